The molecule has 1 N–H and O–H groups in total. The molecule has 0 aliphatic rings. The van der Waals surface area contributed by atoms with Gasteiger partial charge < -0.3 is 5.32 Å². The number of nitro benzene ring substituents is 1. The second-order valence-corrected chi connectivity index (χ2v) is 7.02. The zero-order valence-electron chi connectivity index (χ0n) is 14.6. The fourth-order valence-electron chi connectivity index (χ4n) is 2.45. The van der Waals surface area contributed by atoms with E-state index in [1.54, 1.807) is 35.0 Å². The van der Waals surface area contributed by atoms with Crippen LogP contribution >= 0.6 is 11.8 Å². The highest BCUT2D eigenvalue weighted by Gasteiger charge is 2.17. The molecular weight excluding hydrogens is 368 g/mol. The first-order valence-electron chi connectivity index (χ1n) is 8.01. The van der Waals surface area contributed by atoms with Crippen LogP contribution in [0.5, 0.6) is 0 Å². The number of nitro groups is 1. The molecule has 0 saturated heterocycles. The van der Waals surface area contributed by atoms with E-state index in [1.165, 1.54) is 24.8 Å². The summed E-state index contributed by atoms with van der Waals surface area (Å²) < 4.78 is 1.56. The van der Waals surface area contributed by atoms with E-state index in [9.17, 15) is 14.9 Å². The molecule has 0 radical (unpaired) electrons. The molecule has 0 aliphatic heterocycles. The summed E-state index contributed by atoms with van der Waals surface area (Å²) >= 11 is 1.38. The van der Waals surface area contributed by atoms with Gasteiger partial charge in [0.1, 0.15) is 0 Å². The summed E-state index contributed by atoms with van der Waals surface area (Å²) in [6.07, 6.45) is 0. The van der Waals surface area contributed by atoms with Gasteiger partial charge in [0.25, 0.3) is 5.69 Å². The number of carbonyl (C=O) groups excluding carboxylic acids is 1. The summed E-state index contributed by atoms with van der Waals surface area (Å²) in [4.78, 5) is 21.8. The maximum atomic E-state index is 11.2. The van der Waals surface area contributed by atoms with E-state index in [4.69, 9.17) is 0 Å². The third-order valence-electron chi connectivity index (χ3n) is 3.68. The number of rotatable bonds is 6. The number of carbonyl (C=O) groups is 1. The Morgan fingerprint density at radius 2 is 2.04 bits per heavy atom. The summed E-state index contributed by atoms with van der Waals surface area (Å²) in [5, 5.41) is 25.9. The molecule has 3 rings (SSSR count). The monoisotopic (exact) mass is 384 g/mol. The van der Waals surface area contributed by atoms with Gasteiger partial charge in [0.2, 0.25) is 11.1 Å². The second kappa shape index (κ2) is 7.96. The van der Waals surface area contributed by atoms with Crippen molar-refractivity contribution in [3.8, 4) is 5.69 Å². The van der Waals surface area contributed by atoms with Crippen molar-refractivity contribution in [3.63, 3.8) is 0 Å². The smallest absolute Gasteiger partial charge is 0.269 e. The average Bonchev–Trinajstić information content (AvgIpc) is 3.09. The predicted molar refractivity (Wildman–Crippen MR) is 101 cm³/mol. The minimum Gasteiger partial charge on any atom is -0.326 e. The molecule has 1 aromatic heterocycles. The molecule has 0 bridgehead atoms. The second-order valence-electron chi connectivity index (χ2n) is 5.72. The van der Waals surface area contributed by atoms with Crippen LogP contribution in [0.4, 0.5) is 11.4 Å². The first kappa shape index (κ1) is 18.5. The SMILES string of the molecule is CC(=O)Nc1cccc(-n2nnnc2SC(C)c2cccc([N+](=O)[O-])c2)c1. The van der Waals surface area contributed by atoms with E-state index < -0.39 is 4.92 Å². The fourth-order valence-corrected chi connectivity index (χ4v) is 3.37. The van der Waals surface area contributed by atoms with Gasteiger partial charge in [-0.3, -0.25) is 14.9 Å². The van der Waals surface area contributed by atoms with E-state index in [0.717, 1.165) is 5.56 Å². The highest BCUT2D eigenvalue weighted by molar-refractivity contribution is 7.99. The van der Waals surface area contributed by atoms with Crippen molar-refractivity contribution in [1.82, 2.24) is 20.2 Å². The normalized spacial score (nSPS) is 11.8. The van der Waals surface area contributed by atoms with Gasteiger partial charge in [-0.25, -0.2) is 0 Å². The maximum Gasteiger partial charge on any atom is 0.269 e. The van der Waals surface area contributed by atoms with E-state index in [2.05, 4.69) is 20.8 Å². The first-order valence-corrected chi connectivity index (χ1v) is 8.89. The topological polar surface area (TPSA) is 116 Å². The number of non-ortho nitro benzene ring substituents is 1. The van der Waals surface area contributed by atoms with E-state index in [1.807, 2.05) is 19.1 Å². The van der Waals surface area contributed by atoms with E-state index >= 15 is 0 Å². The molecule has 1 heterocycles. The summed E-state index contributed by atoms with van der Waals surface area (Å²) in [5.41, 5.74) is 2.18. The Bertz CT molecular complexity index is 990. The summed E-state index contributed by atoms with van der Waals surface area (Å²) in [6, 6.07) is 13.6. The van der Waals surface area contributed by atoms with Gasteiger partial charge >= 0.3 is 0 Å². The molecular formula is C17H16N6O3S. The summed E-state index contributed by atoms with van der Waals surface area (Å²) in [7, 11) is 0. The van der Waals surface area contributed by atoms with Gasteiger partial charge in [-0.1, -0.05) is 30.0 Å². The minimum atomic E-state index is -0.418. The Balaban J connectivity index is 1.84. The van der Waals surface area contributed by atoms with Gasteiger partial charge in [-0.05, 0) is 41.1 Å². The number of nitrogens with one attached hydrogen (secondary N) is 1. The van der Waals surface area contributed by atoms with Crippen LogP contribution in [0.3, 0.4) is 0 Å². The molecule has 3 aromatic rings. The van der Waals surface area contributed by atoms with E-state index in [0.29, 0.717) is 16.5 Å². The van der Waals surface area contributed by atoms with Crippen LogP contribution in [-0.2, 0) is 4.79 Å². The van der Waals surface area contributed by atoms with Crippen LogP contribution in [0, 0.1) is 10.1 Å². The lowest BCUT2D eigenvalue weighted by atomic mass is 10.1. The largest absolute Gasteiger partial charge is 0.326 e. The molecule has 0 fully saturated rings. The number of tetrazole rings is 1. The third kappa shape index (κ3) is 4.47. The lowest BCUT2D eigenvalue weighted by Gasteiger charge is -2.11. The minimum absolute atomic E-state index is 0.0440. The number of benzene rings is 2. The molecule has 0 saturated carbocycles. The highest BCUT2D eigenvalue weighted by atomic mass is 32.2. The fraction of sp³-hybridized carbons (Fsp3) is 0.176. The zero-order chi connectivity index (χ0) is 19.4. The van der Waals surface area contributed by atoms with Crippen molar-refractivity contribution in [1.29, 1.82) is 0 Å². The lowest BCUT2D eigenvalue weighted by Crippen LogP contribution is -2.07. The van der Waals surface area contributed by atoms with Gasteiger partial charge in [-0.2, -0.15) is 4.68 Å². The molecule has 1 amide bonds. The molecule has 1 atom stereocenters. The number of amides is 1. The summed E-state index contributed by atoms with van der Waals surface area (Å²) in [5.74, 6) is -0.169. The van der Waals surface area contributed by atoms with Gasteiger partial charge in [0.05, 0.1) is 10.6 Å². The van der Waals surface area contributed by atoms with Crippen molar-refractivity contribution in [2.24, 2.45) is 0 Å². The molecule has 2 aromatic carbocycles. The molecule has 0 aliphatic carbocycles. The van der Waals surface area contributed by atoms with Gasteiger partial charge in [-0.15, -0.1) is 5.10 Å². The number of hydrogen-bond donors (Lipinski definition) is 1. The number of nitrogens with zero attached hydrogens (tertiary/aromatic N) is 5. The van der Waals surface area contributed by atoms with Crippen LogP contribution in [0.25, 0.3) is 5.69 Å². The standard InChI is InChI=1S/C17H16N6O3S/c1-11(13-5-3-8-16(9-13)23(25)26)27-17-19-20-21-22(17)15-7-4-6-14(10-15)18-12(2)24/h3-11H,1-2H3,(H,18,24). The van der Waals surface area contributed by atoms with E-state index in [-0.39, 0.29) is 16.8 Å². The number of thioether (sulfide) groups is 1. The third-order valence-corrected chi connectivity index (χ3v) is 4.78. The number of hydrogen-bond acceptors (Lipinski definition) is 7. The Hall–Kier alpha value is -3.27. The van der Waals surface area contributed by atoms with Gasteiger partial charge in [0.15, 0.2) is 0 Å². The van der Waals surface area contributed by atoms with Crippen molar-refractivity contribution >= 4 is 29.0 Å². The van der Waals surface area contributed by atoms with Crippen LogP contribution in [-0.4, -0.2) is 31.0 Å². The highest BCUT2D eigenvalue weighted by Crippen LogP contribution is 2.35. The molecule has 27 heavy (non-hydrogen) atoms. The van der Waals surface area contributed by atoms with Crippen LogP contribution < -0.4 is 5.32 Å². The van der Waals surface area contributed by atoms with Crippen LogP contribution in [0.1, 0.15) is 24.7 Å². The van der Waals surface area contributed by atoms with Crippen molar-refractivity contribution in [2.75, 3.05) is 5.32 Å². The van der Waals surface area contributed by atoms with Crippen LogP contribution in [0.2, 0.25) is 0 Å². The zero-order valence-corrected chi connectivity index (χ0v) is 15.4. The molecule has 9 nitrogen and oxygen atoms in total. The Kier molecular flexibility index (Phi) is 5.46. The van der Waals surface area contributed by atoms with Crippen molar-refractivity contribution < 1.29 is 9.72 Å². The van der Waals surface area contributed by atoms with Crippen LogP contribution in [0.15, 0.2) is 53.7 Å². The predicted octanol–water partition coefficient (Wildman–Crippen LogP) is 3.38. The average molecular weight is 384 g/mol. The molecule has 0 spiro atoms. The quantitative estimate of drug-likeness (QED) is 0.393. The molecule has 1 unspecified atom stereocenters. The molecule has 138 valence electrons. The Morgan fingerprint density at radius 3 is 2.78 bits per heavy atom. The van der Waals surface area contributed by atoms with Crippen molar-refractivity contribution in [3.05, 3.63) is 64.2 Å². The maximum absolute atomic E-state index is 11.2. The summed E-state index contributed by atoms with van der Waals surface area (Å²) in [6.45, 7) is 3.36. The first-order chi connectivity index (χ1) is 12.9. The van der Waals surface area contributed by atoms with Crippen molar-refractivity contribution in [2.45, 2.75) is 24.3 Å². The lowest BCUT2D eigenvalue weighted by molar-refractivity contribution is -0.384. The Labute approximate surface area is 158 Å². The number of aromatic nitrogens is 4. The number of anilines is 1. The molecule has 10 heteroatoms. The Morgan fingerprint density at radius 1 is 1.26 bits per heavy atom. The van der Waals surface area contributed by atoms with Gasteiger partial charge in [0, 0.05) is 30.0 Å².